The first-order valence-electron chi connectivity index (χ1n) is 2.62. The van der Waals surface area contributed by atoms with Gasteiger partial charge in [0, 0.05) is 20.6 Å². The van der Waals surface area contributed by atoms with Crippen LogP contribution in [0, 0.1) is 5.92 Å². The van der Waals surface area contributed by atoms with Crippen LogP contribution in [0.4, 0.5) is 0 Å². The van der Waals surface area contributed by atoms with Gasteiger partial charge in [0.05, 0.1) is 6.61 Å². The van der Waals surface area contributed by atoms with E-state index in [0.717, 1.165) is 19.6 Å². The van der Waals surface area contributed by atoms with Gasteiger partial charge in [0.2, 0.25) is 0 Å². The number of aliphatic hydroxyl groups is 1. The maximum absolute atomic E-state index is 8.49. The van der Waals surface area contributed by atoms with Crippen molar-refractivity contribution in [1.29, 1.82) is 0 Å². The van der Waals surface area contributed by atoms with E-state index in [-0.39, 0.29) is 1.43 Å². The molecule has 1 saturated heterocycles. The molecule has 1 aliphatic heterocycles. The van der Waals surface area contributed by atoms with Crippen LogP contribution in [-0.2, 0) is 4.74 Å². The monoisotopic (exact) mass is 104 g/mol. The lowest BCUT2D eigenvalue weighted by molar-refractivity contribution is 0.161. The van der Waals surface area contributed by atoms with Crippen molar-refractivity contribution in [3.05, 3.63) is 0 Å². The topological polar surface area (TPSA) is 29.5 Å². The van der Waals surface area contributed by atoms with Crippen LogP contribution >= 0.6 is 0 Å². The molecule has 0 aromatic carbocycles. The van der Waals surface area contributed by atoms with Crippen LogP contribution in [0.2, 0.25) is 0 Å². The quantitative estimate of drug-likeness (QED) is 0.517. The Labute approximate surface area is 44.6 Å². The zero-order valence-electron chi connectivity index (χ0n) is 4.26. The Kier molecular flexibility index (Phi) is 1.65. The highest BCUT2D eigenvalue weighted by molar-refractivity contribution is 4.60. The highest BCUT2D eigenvalue weighted by Crippen LogP contribution is 2.09. The SMILES string of the molecule is OCC1CCOC1.[HH]. The molecule has 0 bridgehead atoms. The van der Waals surface area contributed by atoms with E-state index in [1.165, 1.54) is 0 Å². The van der Waals surface area contributed by atoms with Crippen molar-refractivity contribution in [2.24, 2.45) is 5.92 Å². The molecule has 1 heterocycles. The van der Waals surface area contributed by atoms with Crippen LogP contribution in [0.5, 0.6) is 0 Å². The molecule has 2 nitrogen and oxygen atoms in total. The summed E-state index contributed by atoms with van der Waals surface area (Å²) < 4.78 is 4.99. The average molecular weight is 104 g/mol. The standard InChI is InChI=1S/C5H10O2.H2/c6-3-5-1-2-7-4-5;/h5-6H,1-4H2;1H. The average Bonchev–Trinajstić information content (AvgIpc) is 2.14. The third-order valence-electron chi connectivity index (χ3n) is 1.28. The molecule has 0 aromatic rings. The van der Waals surface area contributed by atoms with Crippen LogP contribution in [0.25, 0.3) is 0 Å². The second-order valence-electron chi connectivity index (χ2n) is 1.91. The zero-order valence-corrected chi connectivity index (χ0v) is 4.26. The summed E-state index contributed by atoms with van der Waals surface area (Å²) in [6.45, 7) is 1.89. The van der Waals surface area contributed by atoms with Crippen molar-refractivity contribution in [3.8, 4) is 0 Å². The number of hydrogen-bond donors (Lipinski definition) is 1. The minimum atomic E-state index is 0. The molecule has 0 aliphatic carbocycles. The van der Waals surface area contributed by atoms with Gasteiger partial charge in [-0.2, -0.15) is 0 Å². The fraction of sp³-hybridized carbons (Fsp3) is 1.00. The van der Waals surface area contributed by atoms with Gasteiger partial charge in [-0.1, -0.05) is 0 Å². The van der Waals surface area contributed by atoms with Crippen molar-refractivity contribution in [3.63, 3.8) is 0 Å². The fourth-order valence-corrected chi connectivity index (χ4v) is 0.727. The molecule has 1 N–H and O–H groups in total. The molecule has 0 radical (unpaired) electrons. The molecule has 1 atom stereocenters. The Hall–Kier alpha value is -0.0800. The smallest absolute Gasteiger partial charge is 0.0517 e. The lowest BCUT2D eigenvalue weighted by Gasteiger charge is -1.96. The summed E-state index contributed by atoms with van der Waals surface area (Å²) in [6, 6.07) is 0. The number of aliphatic hydroxyl groups excluding tert-OH is 1. The van der Waals surface area contributed by atoms with E-state index in [2.05, 4.69) is 0 Å². The van der Waals surface area contributed by atoms with E-state index in [1.807, 2.05) is 0 Å². The predicted octanol–water partition coefficient (Wildman–Crippen LogP) is 0.261. The lowest BCUT2D eigenvalue weighted by atomic mass is 10.1. The van der Waals surface area contributed by atoms with Gasteiger partial charge >= 0.3 is 0 Å². The maximum atomic E-state index is 8.49. The number of hydrogen-bond acceptors (Lipinski definition) is 2. The molecule has 0 aromatic heterocycles. The second-order valence-corrected chi connectivity index (χ2v) is 1.91. The Morgan fingerprint density at radius 3 is 3.00 bits per heavy atom. The fourth-order valence-electron chi connectivity index (χ4n) is 0.727. The summed E-state index contributed by atoms with van der Waals surface area (Å²) in [4.78, 5) is 0. The minimum absolute atomic E-state index is 0. The van der Waals surface area contributed by atoms with Gasteiger partial charge in [-0.25, -0.2) is 0 Å². The third kappa shape index (κ3) is 1.14. The Morgan fingerprint density at radius 1 is 1.86 bits per heavy atom. The van der Waals surface area contributed by atoms with Crippen molar-refractivity contribution in [2.45, 2.75) is 6.42 Å². The van der Waals surface area contributed by atoms with Crippen molar-refractivity contribution in [2.75, 3.05) is 19.8 Å². The van der Waals surface area contributed by atoms with E-state index in [0.29, 0.717) is 12.5 Å². The van der Waals surface area contributed by atoms with E-state index >= 15 is 0 Å². The van der Waals surface area contributed by atoms with E-state index in [9.17, 15) is 0 Å². The lowest BCUT2D eigenvalue weighted by Crippen LogP contribution is -2.03. The summed E-state index contributed by atoms with van der Waals surface area (Å²) in [5, 5.41) is 8.49. The van der Waals surface area contributed by atoms with Gasteiger partial charge in [-0.3, -0.25) is 0 Å². The molecule has 1 unspecified atom stereocenters. The first-order chi connectivity index (χ1) is 3.43. The zero-order chi connectivity index (χ0) is 5.11. The van der Waals surface area contributed by atoms with E-state index in [4.69, 9.17) is 9.84 Å². The maximum Gasteiger partial charge on any atom is 0.0517 e. The predicted molar refractivity (Wildman–Crippen MR) is 28.1 cm³/mol. The molecule has 44 valence electrons. The van der Waals surface area contributed by atoms with Crippen LogP contribution in [0.3, 0.4) is 0 Å². The van der Waals surface area contributed by atoms with Gasteiger partial charge in [-0.05, 0) is 6.42 Å². The molecule has 1 aliphatic rings. The van der Waals surface area contributed by atoms with Gasteiger partial charge in [0.25, 0.3) is 0 Å². The van der Waals surface area contributed by atoms with Crippen molar-refractivity contribution in [1.82, 2.24) is 0 Å². The summed E-state index contributed by atoms with van der Waals surface area (Å²) >= 11 is 0. The largest absolute Gasteiger partial charge is 0.396 e. The number of ether oxygens (including phenoxy) is 1. The second kappa shape index (κ2) is 2.28. The van der Waals surface area contributed by atoms with Gasteiger partial charge in [0.1, 0.15) is 0 Å². The molecular weight excluding hydrogens is 92.1 g/mol. The first-order valence-corrected chi connectivity index (χ1v) is 2.62. The summed E-state index contributed by atoms with van der Waals surface area (Å²) in [5.74, 6) is 0.431. The van der Waals surface area contributed by atoms with Gasteiger partial charge in [-0.15, -0.1) is 0 Å². The van der Waals surface area contributed by atoms with Crippen LogP contribution in [-0.4, -0.2) is 24.9 Å². The minimum Gasteiger partial charge on any atom is -0.396 e. The molecule has 2 heteroatoms. The van der Waals surface area contributed by atoms with Gasteiger partial charge in [0.15, 0.2) is 0 Å². The normalized spacial score (nSPS) is 31.3. The third-order valence-corrected chi connectivity index (χ3v) is 1.28. The number of rotatable bonds is 1. The van der Waals surface area contributed by atoms with Crippen LogP contribution in [0.15, 0.2) is 0 Å². The first kappa shape index (κ1) is 5.06. The van der Waals surface area contributed by atoms with Crippen LogP contribution in [0.1, 0.15) is 7.85 Å². The van der Waals surface area contributed by atoms with Crippen molar-refractivity contribution < 1.29 is 11.3 Å². The summed E-state index contributed by atoms with van der Waals surface area (Å²) in [6.07, 6.45) is 1.04. The molecule has 7 heavy (non-hydrogen) atoms. The Bertz CT molecular complexity index is 52.4. The molecule has 0 saturated carbocycles. The molecule has 0 amide bonds. The Morgan fingerprint density at radius 2 is 2.71 bits per heavy atom. The molecule has 0 spiro atoms. The molecule has 1 fully saturated rings. The van der Waals surface area contributed by atoms with E-state index < -0.39 is 0 Å². The summed E-state index contributed by atoms with van der Waals surface area (Å²) in [7, 11) is 0. The molecule has 1 rings (SSSR count). The highest BCUT2D eigenvalue weighted by Gasteiger charge is 2.12. The highest BCUT2D eigenvalue weighted by atomic mass is 16.5. The summed E-state index contributed by atoms with van der Waals surface area (Å²) in [5.41, 5.74) is 0. The molecular formula is C5H12O2. The van der Waals surface area contributed by atoms with Gasteiger partial charge < -0.3 is 9.84 Å². The Balaban J connectivity index is 0.000000490. The van der Waals surface area contributed by atoms with Crippen molar-refractivity contribution >= 4 is 0 Å². The van der Waals surface area contributed by atoms with Crippen LogP contribution < -0.4 is 0 Å². The van der Waals surface area contributed by atoms with E-state index in [1.54, 1.807) is 0 Å².